The molecule has 0 aromatic heterocycles. The third-order valence-electron chi connectivity index (χ3n) is 4.33. The highest BCUT2D eigenvalue weighted by atomic mass is 15.3. The summed E-state index contributed by atoms with van der Waals surface area (Å²) in [5.41, 5.74) is 0. The first-order valence-electron chi connectivity index (χ1n) is 6.83. The zero-order chi connectivity index (χ0) is 10.7. The van der Waals surface area contributed by atoms with Gasteiger partial charge in [0.2, 0.25) is 0 Å². The van der Waals surface area contributed by atoms with Crippen molar-refractivity contribution in [3.63, 3.8) is 0 Å². The Kier molecular flexibility index (Phi) is 4.04. The van der Waals surface area contributed by atoms with E-state index in [0.717, 1.165) is 12.1 Å². The molecule has 0 saturated carbocycles. The number of piperidine rings is 1. The van der Waals surface area contributed by atoms with Crippen LogP contribution in [0, 0.1) is 0 Å². The van der Waals surface area contributed by atoms with Crippen molar-refractivity contribution in [1.29, 1.82) is 0 Å². The topological polar surface area (TPSA) is 6.48 Å². The van der Waals surface area contributed by atoms with Crippen LogP contribution < -0.4 is 0 Å². The zero-order valence-corrected chi connectivity index (χ0v) is 10.4. The maximum absolute atomic E-state index is 2.74. The molecule has 2 saturated heterocycles. The summed E-state index contributed by atoms with van der Waals surface area (Å²) in [5, 5.41) is 0. The summed E-state index contributed by atoms with van der Waals surface area (Å²) >= 11 is 0. The molecule has 0 aromatic rings. The first kappa shape index (κ1) is 11.4. The molecule has 2 fully saturated rings. The highest BCUT2D eigenvalue weighted by Crippen LogP contribution is 2.23. The molecule has 0 N–H and O–H groups in total. The maximum atomic E-state index is 2.74. The van der Waals surface area contributed by atoms with Crippen LogP contribution in [0.4, 0.5) is 0 Å². The summed E-state index contributed by atoms with van der Waals surface area (Å²) < 4.78 is 0. The predicted molar refractivity (Wildman–Crippen MR) is 65.2 cm³/mol. The van der Waals surface area contributed by atoms with Gasteiger partial charge in [0, 0.05) is 31.7 Å². The minimum atomic E-state index is 0.842. The van der Waals surface area contributed by atoms with Crippen molar-refractivity contribution in [3.05, 3.63) is 0 Å². The van der Waals surface area contributed by atoms with Gasteiger partial charge in [-0.1, -0.05) is 20.3 Å². The van der Waals surface area contributed by atoms with Crippen LogP contribution in [-0.4, -0.2) is 48.1 Å². The van der Waals surface area contributed by atoms with Crippen LogP contribution in [0.3, 0.4) is 0 Å². The van der Waals surface area contributed by atoms with Crippen LogP contribution in [0.15, 0.2) is 0 Å². The van der Waals surface area contributed by atoms with E-state index in [4.69, 9.17) is 0 Å². The summed E-state index contributed by atoms with van der Waals surface area (Å²) in [7, 11) is 0. The van der Waals surface area contributed by atoms with Crippen molar-refractivity contribution in [2.24, 2.45) is 0 Å². The van der Waals surface area contributed by atoms with E-state index in [2.05, 4.69) is 23.6 Å². The molecule has 2 heteroatoms. The SMILES string of the molecule is CCC(CC)N1CCN2CCCCC2C1. The van der Waals surface area contributed by atoms with Crippen molar-refractivity contribution in [2.45, 2.75) is 58.0 Å². The minimum Gasteiger partial charge on any atom is -0.298 e. The zero-order valence-electron chi connectivity index (χ0n) is 10.4. The Bertz CT molecular complexity index is 189. The standard InChI is InChI=1S/C13H26N2/c1-3-12(4-2)15-10-9-14-8-6-5-7-13(14)11-15/h12-13H,3-11H2,1-2H3. The van der Waals surface area contributed by atoms with Gasteiger partial charge >= 0.3 is 0 Å². The maximum Gasteiger partial charge on any atom is 0.0223 e. The third kappa shape index (κ3) is 2.54. The van der Waals surface area contributed by atoms with Crippen LogP contribution in [-0.2, 0) is 0 Å². The lowest BCUT2D eigenvalue weighted by atomic mass is 9.97. The van der Waals surface area contributed by atoms with Crippen molar-refractivity contribution in [3.8, 4) is 0 Å². The lowest BCUT2D eigenvalue weighted by molar-refractivity contribution is 0.0255. The van der Waals surface area contributed by atoms with E-state index >= 15 is 0 Å². The van der Waals surface area contributed by atoms with Gasteiger partial charge in [0.15, 0.2) is 0 Å². The largest absolute Gasteiger partial charge is 0.298 e. The van der Waals surface area contributed by atoms with Crippen LogP contribution in [0.25, 0.3) is 0 Å². The molecular formula is C13H26N2. The number of rotatable bonds is 3. The molecule has 0 aliphatic carbocycles. The normalized spacial score (nSPS) is 29.4. The van der Waals surface area contributed by atoms with E-state index < -0.39 is 0 Å². The molecule has 2 aliphatic rings. The smallest absolute Gasteiger partial charge is 0.0223 e. The van der Waals surface area contributed by atoms with Gasteiger partial charge in [0.25, 0.3) is 0 Å². The fraction of sp³-hybridized carbons (Fsp3) is 1.00. The fourth-order valence-electron chi connectivity index (χ4n) is 3.32. The number of fused-ring (bicyclic) bond motifs is 1. The molecule has 0 bridgehead atoms. The molecule has 88 valence electrons. The van der Waals surface area contributed by atoms with Gasteiger partial charge in [-0.2, -0.15) is 0 Å². The van der Waals surface area contributed by atoms with Gasteiger partial charge < -0.3 is 0 Å². The Balaban J connectivity index is 1.90. The van der Waals surface area contributed by atoms with E-state index in [1.54, 1.807) is 0 Å². The van der Waals surface area contributed by atoms with Crippen molar-refractivity contribution in [1.82, 2.24) is 9.80 Å². The molecule has 2 aliphatic heterocycles. The Morgan fingerprint density at radius 2 is 1.87 bits per heavy atom. The van der Waals surface area contributed by atoms with Gasteiger partial charge in [-0.3, -0.25) is 9.80 Å². The Morgan fingerprint density at radius 1 is 1.07 bits per heavy atom. The van der Waals surface area contributed by atoms with E-state index in [9.17, 15) is 0 Å². The number of nitrogens with zero attached hydrogens (tertiary/aromatic N) is 2. The minimum absolute atomic E-state index is 0.842. The first-order valence-corrected chi connectivity index (χ1v) is 6.83. The second-order valence-electron chi connectivity index (χ2n) is 5.15. The summed E-state index contributed by atoms with van der Waals surface area (Å²) in [6.45, 7) is 10.0. The number of piperazine rings is 1. The molecule has 1 unspecified atom stereocenters. The third-order valence-corrected chi connectivity index (χ3v) is 4.33. The van der Waals surface area contributed by atoms with Gasteiger partial charge in [-0.05, 0) is 32.2 Å². The molecular weight excluding hydrogens is 184 g/mol. The molecule has 1 atom stereocenters. The Labute approximate surface area is 94.6 Å². The van der Waals surface area contributed by atoms with Crippen LogP contribution in [0.5, 0.6) is 0 Å². The highest BCUT2D eigenvalue weighted by molar-refractivity contribution is 4.87. The Hall–Kier alpha value is -0.0800. The van der Waals surface area contributed by atoms with Crippen molar-refractivity contribution >= 4 is 0 Å². The lowest BCUT2D eigenvalue weighted by Crippen LogP contribution is -2.57. The average molecular weight is 210 g/mol. The Morgan fingerprint density at radius 3 is 2.60 bits per heavy atom. The van der Waals surface area contributed by atoms with Gasteiger partial charge in [0.1, 0.15) is 0 Å². The summed E-state index contributed by atoms with van der Waals surface area (Å²) in [6, 6.07) is 1.72. The molecule has 0 amide bonds. The molecule has 15 heavy (non-hydrogen) atoms. The molecule has 2 heterocycles. The number of hydrogen-bond acceptors (Lipinski definition) is 2. The molecule has 2 nitrogen and oxygen atoms in total. The van der Waals surface area contributed by atoms with Gasteiger partial charge in [0.05, 0.1) is 0 Å². The van der Waals surface area contributed by atoms with E-state index in [-0.39, 0.29) is 0 Å². The van der Waals surface area contributed by atoms with Crippen molar-refractivity contribution in [2.75, 3.05) is 26.2 Å². The van der Waals surface area contributed by atoms with Crippen LogP contribution in [0.2, 0.25) is 0 Å². The lowest BCUT2D eigenvalue weighted by Gasteiger charge is -2.46. The number of hydrogen-bond donors (Lipinski definition) is 0. The second-order valence-corrected chi connectivity index (χ2v) is 5.15. The van der Waals surface area contributed by atoms with Crippen LogP contribution in [0.1, 0.15) is 46.0 Å². The monoisotopic (exact) mass is 210 g/mol. The molecule has 0 spiro atoms. The quantitative estimate of drug-likeness (QED) is 0.705. The van der Waals surface area contributed by atoms with Gasteiger partial charge in [-0.25, -0.2) is 0 Å². The summed E-state index contributed by atoms with van der Waals surface area (Å²) in [6.07, 6.45) is 6.97. The van der Waals surface area contributed by atoms with Gasteiger partial charge in [-0.15, -0.1) is 0 Å². The van der Waals surface area contributed by atoms with E-state index in [1.807, 2.05) is 0 Å². The molecule has 2 rings (SSSR count). The van der Waals surface area contributed by atoms with E-state index in [0.29, 0.717) is 0 Å². The summed E-state index contributed by atoms with van der Waals surface area (Å²) in [4.78, 5) is 5.47. The highest BCUT2D eigenvalue weighted by Gasteiger charge is 2.30. The summed E-state index contributed by atoms with van der Waals surface area (Å²) in [5.74, 6) is 0. The molecule has 0 aromatic carbocycles. The van der Waals surface area contributed by atoms with E-state index in [1.165, 1.54) is 58.3 Å². The fourth-order valence-corrected chi connectivity index (χ4v) is 3.32. The average Bonchev–Trinajstić information content (AvgIpc) is 2.30. The molecule has 0 radical (unpaired) electrons. The van der Waals surface area contributed by atoms with Crippen LogP contribution >= 0.6 is 0 Å². The van der Waals surface area contributed by atoms with Crippen molar-refractivity contribution < 1.29 is 0 Å². The predicted octanol–water partition coefficient (Wildman–Crippen LogP) is 2.35. The first-order chi connectivity index (χ1) is 7.35. The second kappa shape index (κ2) is 5.31.